The Hall–Kier alpha value is -3.01. The van der Waals surface area contributed by atoms with E-state index in [9.17, 15) is 18.0 Å². The fourth-order valence-corrected chi connectivity index (χ4v) is 4.56. The molecule has 3 rings (SSSR count). The summed E-state index contributed by atoms with van der Waals surface area (Å²) in [5.41, 5.74) is 0.970. The van der Waals surface area contributed by atoms with E-state index in [1.165, 1.54) is 35.6 Å². The van der Waals surface area contributed by atoms with Gasteiger partial charge >= 0.3 is 5.97 Å². The largest absolute Gasteiger partial charge is 0.452 e. The van der Waals surface area contributed by atoms with Crippen LogP contribution >= 0.6 is 11.3 Å². The Bertz CT molecular complexity index is 1130. The molecule has 0 saturated heterocycles. The number of thiophene rings is 1. The predicted octanol–water partition coefficient (Wildman–Crippen LogP) is 3.26. The Morgan fingerprint density at radius 3 is 2.52 bits per heavy atom. The van der Waals surface area contributed by atoms with Gasteiger partial charge in [-0.1, -0.05) is 42.5 Å². The number of carbonyl (C=O) groups is 2. The molecule has 1 atom stereocenters. The summed E-state index contributed by atoms with van der Waals surface area (Å²) in [4.78, 5) is 25.2. The molecule has 1 amide bonds. The standard InChI is InChI=1S/C22H22N2O5S2/c1-16(17-7-3-2-4-8-17)24-21(25)15-29-22(26)18-9-5-11-20(13-18)31(27,28)23-14-19-10-6-12-30-19/h2-13,16,23H,14-15H2,1H3,(H,24,25). The molecule has 0 aliphatic rings. The van der Waals surface area contributed by atoms with Gasteiger partial charge in [-0.3, -0.25) is 4.79 Å². The van der Waals surface area contributed by atoms with Crippen LogP contribution in [0.25, 0.3) is 0 Å². The number of hydrogen-bond donors (Lipinski definition) is 2. The Morgan fingerprint density at radius 1 is 1.03 bits per heavy atom. The van der Waals surface area contributed by atoms with E-state index in [1.807, 2.05) is 54.8 Å². The highest BCUT2D eigenvalue weighted by atomic mass is 32.2. The van der Waals surface area contributed by atoms with Crippen molar-refractivity contribution in [1.82, 2.24) is 10.0 Å². The number of rotatable bonds is 9. The fourth-order valence-electron chi connectivity index (χ4n) is 2.78. The summed E-state index contributed by atoms with van der Waals surface area (Å²) in [6.07, 6.45) is 0. The van der Waals surface area contributed by atoms with Crippen LogP contribution in [0.4, 0.5) is 0 Å². The van der Waals surface area contributed by atoms with E-state index in [1.54, 1.807) is 0 Å². The summed E-state index contributed by atoms with van der Waals surface area (Å²) < 4.78 is 32.5. The van der Waals surface area contributed by atoms with Crippen molar-refractivity contribution in [2.24, 2.45) is 0 Å². The first-order valence-corrected chi connectivity index (χ1v) is 11.8. The number of esters is 1. The molecular formula is C22H22N2O5S2. The molecule has 0 spiro atoms. The van der Waals surface area contributed by atoms with Crippen LogP contribution in [0.3, 0.4) is 0 Å². The van der Waals surface area contributed by atoms with Crippen molar-refractivity contribution in [2.75, 3.05) is 6.61 Å². The lowest BCUT2D eigenvalue weighted by Crippen LogP contribution is -2.31. The highest BCUT2D eigenvalue weighted by molar-refractivity contribution is 7.89. The summed E-state index contributed by atoms with van der Waals surface area (Å²) in [5, 5.41) is 4.61. The molecule has 1 heterocycles. The van der Waals surface area contributed by atoms with Crippen molar-refractivity contribution in [3.63, 3.8) is 0 Å². The van der Waals surface area contributed by atoms with Crippen molar-refractivity contribution in [3.05, 3.63) is 88.1 Å². The molecule has 0 fully saturated rings. The second-order valence-electron chi connectivity index (χ2n) is 6.71. The van der Waals surface area contributed by atoms with Crippen LogP contribution in [0.2, 0.25) is 0 Å². The van der Waals surface area contributed by atoms with Gasteiger partial charge in [-0.15, -0.1) is 11.3 Å². The van der Waals surface area contributed by atoms with Gasteiger partial charge in [0.1, 0.15) is 0 Å². The van der Waals surface area contributed by atoms with Crippen LogP contribution in [-0.2, 0) is 26.1 Å². The van der Waals surface area contributed by atoms with Crippen LogP contribution in [0.1, 0.15) is 33.8 Å². The number of nitrogens with one attached hydrogen (secondary N) is 2. The number of hydrogen-bond acceptors (Lipinski definition) is 6. The molecular weight excluding hydrogens is 436 g/mol. The van der Waals surface area contributed by atoms with Gasteiger partial charge in [-0.25, -0.2) is 17.9 Å². The molecule has 2 aromatic carbocycles. The number of sulfonamides is 1. The SMILES string of the molecule is CC(NC(=O)COC(=O)c1cccc(S(=O)(=O)NCc2cccs2)c1)c1ccccc1. The van der Waals surface area contributed by atoms with Crippen LogP contribution in [-0.4, -0.2) is 26.9 Å². The first kappa shape index (κ1) is 22.7. The predicted molar refractivity (Wildman–Crippen MR) is 118 cm³/mol. The molecule has 0 bridgehead atoms. The maximum Gasteiger partial charge on any atom is 0.338 e. The third-order valence-corrected chi connectivity index (χ3v) is 6.68. The van der Waals surface area contributed by atoms with Crippen LogP contribution in [0.15, 0.2) is 77.0 Å². The monoisotopic (exact) mass is 458 g/mol. The molecule has 162 valence electrons. The van der Waals surface area contributed by atoms with Gasteiger partial charge in [0.05, 0.1) is 16.5 Å². The second-order valence-corrected chi connectivity index (χ2v) is 9.51. The lowest BCUT2D eigenvalue weighted by Gasteiger charge is -2.14. The van der Waals surface area contributed by atoms with Crippen molar-refractivity contribution < 1.29 is 22.7 Å². The zero-order valence-electron chi connectivity index (χ0n) is 16.8. The summed E-state index contributed by atoms with van der Waals surface area (Å²) in [5.74, 6) is -1.23. The van der Waals surface area contributed by atoms with E-state index in [-0.39, 0.29) is 23.0 Å². The zero-order valence-corrected chi connectivity index (χ0v) is 18.4. The summed E-state index contributed by atoms with van der Waals surface area (Å²) >= 11 is 1.44. The van der Waals surface area contributed by atoms with Crippen molar-refractivity contribution in [3.8, 4) is 0 Å². The smallest absolute Gasteiger partial charge is 0.338 e. The van der Waals surface area contributed by atoms with Crippen molar-refractivity contribution in [1.29, 1.82) is 0 Å². The van der Waals surface area contributed by atoms with Gasteiger partial charge in [-0.05, 0) is 42.1 Å². The van der Waals surface area contributed by atoms with Gasteiger partial charge < -0.3 is 10.1 Å². The maximum absolute atomic E-state index is 12.5. The third kappa shape index (κ3) is 6.48. The van der Waals surface area contributed by atoms with Crippen molar-refractivity contribution in [2.45, 2.75) is 24.4 Å². The van der Waals surface area contributed by atoms with Crippen molar-refractivity contribution >= 4 is 33.2 Å². The lowest BCUT2D eigenvalue weighted by molar-refractivity contribution is -0.124. The van der Waals surface area contributed by atoms with E-state index in [2.05, 4.69) is 10.0 Å². The number of carbonyl (C=O) groups excluding carboxylic acids is 2. The minimum absolute atomic E-state index is 0.0444. The van der Waals surface area contributed by atoms with Gasteiger partial charge in [0.15, 0.2) is 6.61 Å². The summed E-state index contributed by atoms with van der Waals surface area (Å²) in [6.45, 7) is 1.52. The minimum atomic E-state index is -3.80. The minimum Gasteiger partial charge on any atom is -0.452 e. The summed E-state index contributed by atoms with van der Waals surface area (Å²) in [6, 6.07) is 18.3. The Morgan fingerprint density at radius 2 is 1.81 bits per heavy atom. The molecule has 0 aliphatic heterocycles. The number of ether oxygens (including phenoxy) is 1. The van der Waals surface area contributed by atoms with Crippen LogP contribution in [0.5, 0.6) is 0 Å². The average molecular weight is 459 g/mol. The number of amides is 1. The van der Waals surface area contributed by atoms with Crippen LogP contribution in [0, 0.1) is 0 Å². The van der Waals surface area contributed by atoms with Crippen LogP contribution < -0.4 is 10.0 Å². The quantitative estimate of drug-likeness (QED) is 0.479. The molecule has 0 radical (unpaired) electrons. The first-order valence-electron chi connectivity index (χ1n) is 9.49. The molecule has 9 heteroatoms. The maximum atomic E-state index is 12.5. The Kier molecular flexibility index (Phi) is 7.56. The average Bonchev–Trinajstić information content (AvgIpc) is 3.30. The van der Waals surface area contributed by atoms with E-state index < -0.39 is 28.5 Å². The molecule has 1 aromatic heterocycles. The molecule has 2 N–H and O–H groups in total. The molecule has 31 heavy (non-hydrogen) atoms. The number of benzene rings is 2. The highest BCUT2D eigenvalue weighted by Crippen LogP contribution is 2.15. The molecule has 3 aromatic rings. The lowest BCUT2D eigenvalue weighted by atomic mass is 10.1. The summed E-state index contributed by atoms with van der Waals surface area (Å²) in [7, 11) is -3.80. The highest BCUT2D eigenvalue weighted by Gasteiger charge is 2.18. The third-order valence-electron chi connectivity index (χ3n) is 4.41. The van der Waals surface area contributed by atoms with E-state index in [0.29, 0.717) is 0 Å². The Labute approximate surface area is 185 Å². The molecule has 0 aliphatic carbocycles. The van der Waals surface area contributed by atoms with Gasteiger partial charge in [0, 0.05) is 11.4 Å². The van der Waals surface area contributed by atoms with Gasteiger partial charge in [-0.2, -0.15) is 0 Å². The zero-order chi connectivity index (χ0) is 22.3. The molecule has 1 unspecified atom stereocenters. The normalized spacial score (nSPS) is 12.2. The van der Waals surface area contributed by atoms with Gasteiger partial charge in [0.2, 0.25) is 10.0 Å². The Balaban J connectivity index is 1.56. The van der Waals surface area contributed by atoms with E-state index in [4.69, 9.17) is 4.74 Å². The second kappa shape index (κ2) is 10.3. The van der Waals surface area contributed by atoms with E-state index in [0.717, 1.165) is 10.4 Å². The molecule has 7 nitrogen and oxygen atoms in total. The fraction of sp³-hybridized carbons (Fsp3) is 0.182. The van der Waals surface area contributed by atoms with Gasteiger partial charge in [0.25, 0.3) is 5.91 Å². The molecule has 0 saturated carbocycles. The van der Waals surface area contributed by atoms with E-state index >= 15 is 0 Å². The topological polar surface area (TPSA) is 102 Å². The first-order chi connectivity index (χ1) is 14.8.